The number of oxazole rings is 1. The maximum Gasteiger partial charge on any atom is 0.323 e. The number of carbonyl (C=O) groups is 1. The molecule has 6 heteroatoms. The van der Waals surface area contributed by atoms with Crippen molar-refractivity contribution in [1.82, 2.24) is 4.98 Å². The first-order valence-electron chi connectivity index (χ1n) is 6.31. The molecule has 2 amide bonds. The Morgan fingerprint density at radius 3 is 2.52 bits per heavy atom. The molecular formula is C15H12ClN3O2. The standard InChI is InChI=1S/C15H12ClN3O2/c1-9-17-13-8-12(6-7-14(13)21-9)19-15(20)18-11-4-2-10(16)3-5-11/h2-8H,1H3,(H2,18,19,20). The van der Waals surface area contributed by atoms with Gasteiger partial charge in [-0.3, -0.25) is 0 Å². The molecule has 3 rings (SSSR count). The number of aryl methyl sites for hydroxylation is 1. The van der Waals surface area contributed by atoms with Gasteiger partial charge in [-0.2, -0.15) is 0 Å². The van der Waals surface area contributed by atoms with Gasteiger partial charge in [-0.1, -0.05) is 11.6 Å². The van der Waals surface area contributed by atoms with Crippen molar-refractivity contribution in [3.05, 3.63) is 53.4 Å². The molecule has 0 fully saturated rings. The van der Waals surface area contributed by atoms with E-state index in [0.717, 1.165) is 0 Å². The molecule has 0 aliphatic carbocycles. The number of fused-ring (bicyclic) bond motifs is 1. The minimum absolute atomic E-state index is 0.336. The number of aromatic nitrogens is 1. The number of urea groups is 1. The van der Waals surface area contributed by atoms with Gasteiger partial charge in [-0.15, -0.1) is 0 Å². The van der Waals surface area contributed by atoms with Crippen molar-refractivity contribution in [1.29, 1.82) is 0 Å². The lowest BCUT2D eigenvalue weighted by molar-refractivity contribution is 0.262. The van der Waals surface area contributed by atoms with E-state index in [2.05, 4.69) is 15.6 Å². The van der Waals surface area contributed by atoms with E-state index in [1.54, 1.807) is 49.4 Å². The fourth-order valence-corrected chi connectivity index (χ4v) is 2.07. The van der Waals surface area contributed by atoms with Crippen LogP contribution in [0.2, 0.25) is 5.02 Å². The Morgan fingerprint density at radius 2 is 1.76 bits per heavy atom. The van der Waals surface area contributed by atoms with Crippen molar-refractivity contribution in [3.63, 3.8) is 0 Å². The Bertz CT molecular complexity index is 796. The predicted octanol–water partition coefficient (Wildman–Crippen LogP) is 4.43. The second-order valence-electron chi connectivity index (χ2n) is 4.50. The third kappa shape index (κ3) is 3.14. The zero-order valence-electron chi connectivity index (χ0n) is 11.2. The van der Waals surface area contributed by atoms with Gasteiger partial charge < -0.3 is 15.1 Å². The second kappa shape index (κ2) is 5.46. The summed E-state index contributed by atoms with van der Waals surface area (Å²) in [5.74, 6) is 0.591. The van der Waals surface area contributed by atoms with Crippen LogP contribution >= 0.6 is 11.6 Å². The quantitative estimate of drug-likeness (QED) is 0.735. The first-order valence-corrected chi connectivity index (χ1v) is 6.69. The molecule has 0 unspecified atom stereocenters. The summed E-state index contributed by atoms with van der Waals surface area (Å²) in [5.41, 5.74) is 2.70. The monoisotopic (exact) mass is 301 g/mol. The molecule has 1 aromatic heterocycles. The summed E-state index contributed by atoms with van der Waals surface area (Å²) < 4.78 is 5.38. The number of nitrogens with one attached hydrogen (secondary N) is 2. The van der Waals surface area contributed by atoms with Gasteiger partial charge in [0.2, 0.25) is 0 Å². The lowest BCUT2D eigenvalue weighted by Gasteiger charge is -2.07. The lowest BCUT2D eigenvalue weighted by Crippen LogP contribution is -2.19. The Kier molecular flexibility index (Phi) is 3.50. The highest BCUT2D eigenvalue weighted by Gasteiger charge is 2.06. The molecule has 2 aromatic carbocycles. The number of halogens is 1. The summed E-state index contributed by atoms with van der Waals surface area (Å²) in [6, 6.07) is 11.8. The molecule has 106 valence electrons. The first-order chi connectivity index (χ1) is 10.1. The summed E-state index contributed by atoms with van der Waals surface area (Å²) in [6.45, 7) is 1.78. The largest absolute Gasteiger partial charge is 0.441 e. The van der Waals surface area contributed by atoms with Gasteiger partial charge in [0, 0.05) is 23.3 Å². The molecule has 0 radical (unpaired) electrons. The third-order valence-corrected chi connectivity index (χ3v) is 3.11. The number of hydrogen-bond acceptors (Lipinski definition) is 3. The average Bonchev–Trinajstić information content (AvgIpc) is 2.80. The maximum atomic E-state index is 11.9. The number of amides is 2. The van der Waals surface area contributed by atoms with Crippen LogP contribution in [0.15, 0.2) is 46.9 Å². The first kappa shape index (κ1) is 13.5. The molecule has 1 heterocycles. The summed E-state index contributed by atoms with van der Waals surface area (Å²) in [4.78, 5) is 16.1. The van der Waals surface area contributed by atoms with Gasteiger partial charge >= 0.3 is 6.03 Å². The van der Waals surface area contributed by atoms with Crippen molar-refractivity contribution >= 4 is 40.1 Å². The van der Waals surface area contributed by atoms with E-state index in [0.29, 0.717) is 33.4 Å². The maximum absolute atomic E-state index is 11.9. The molecular weight excluding hydrogens is 290 g/mol. The van der Waals surface area contributed by atoms with Crippen molar-refractivity contribution in [2.24, 2.45) is 0 Å². The van der Waals surface area contributed by atoms with Gasteiger partial charge in [0.05, 0.1) is 0 Å². The molecule has 2 N–H and O–H groups in total. The van der Waals surface area contributed by atoms with Crippen molar-refractivity contribution in [3.8, 4) is 0 Å². The van der Waals surface area contributed by atoms with E-state index >= 15 is 0 Å². The minimum Gasteiger partial charge on any atom is -0.441 e. The summed E-state index contributed by atoms with van der Waals surface area (Å²) in [5, 5.41) is 6.08. The Morgan fingerprint density at radius 1 is 1.10 bits per heavy atom. The Hall–Kier alpha value is -2.53. The van der Waals surface area contributed by atoms with Crippen LogP contribution < -0.4 is 10.6 Å². The normalized spacial score (nSPS) is 10.6. The number of rotatable bonds is 2. The van der Waals surface area contributed by atoms with E-state index in [-0.39, 0.29) is 6.03 Å². The molecule has 0 aliphatic rings. The van der Waals surface area contributed by atoms with E-state index in [4.69, 9.17) is 16.0 Å². The van der Waals surface area contributed by atoms with Gasteiger partial charge in [-0.25, -0.2) is 9.78 Å². The minimum atomic E-state index is -0.336. The number of hydrogen-bond donors (Lipinski definition) is 2. The van der Waals surface area contributed by atoms with Crippen molar-refractivity contribution < 1.29 is 9.21 Å². The molecule has 21 heavy (non-hydrogen) atoms. The molecule has 5 nitrogen and oxygen atoms in total. The van der Waals surface area contributed by atoms with Crippen LogP contribution in [0, 0.1) is 6.92 Å². The summed E-state index contributed by atoms with van der Waals surface area (Å²) in [7, 11) is 0. The van der Waals surface area contributed by atoms with Gasteiger partial charge in [-0.05, 0) is 42.5 Å². The van der Waals surface area contributed by atoms with E-state index in [1.807, 2.05) is 0 Å². The zero-order chi connectivity index (χ0) is 14.8. The summed E-state index contributed by atoms with van der Waals surface area (Å²) >= 11 is 5.79. The average molecular weight is 302 g/mol. The fraction of sp³-hybridized carbons (Fsp3) is 0.0667. The number of anilines is 2. The van der Waals surface area contributed by atoms with Crippen LogP contribution in [-0.2, 0) is 0 Å². The smallest absolute Gasteiger partial charge is 0.323 e. The molecule has 0 saturated heterocycles. The molecule has 3 aromatic rings. The highest BCUT2D eigenvalue weighted by molar-refractivity contribution is 6.30. The molecule has 0 atom stereocenters. The number of nitrogens with zero attached hydrogens (tertiary/aromatic N) is 1. The van der Waals surface area contributed by atoms with Gasteiger partial charge in [0.15, 0.2) is 11.5 Å². The van der Waals surface area contributed by atoms with E-state index in [9.17, 15) is 4.79 Å². The fourth-order valence-electron chi connectivity index (χ4n) is 1.95. The highest BCUT2D eigenvalue weighted by Crippen LogP contribution is 2.20. The van der Waals surface area contributed by atoms with Crippen LogP contribution in [0.5, 0.6) is 0 Å². The Labute approximate surface area is 125 Å². The second-order valence-corrected chi connectivity index (χ2v) is 4.94. The topological polar surface area (TPSA) is 67.2 Å². The van der Waals surface area contributed by atoms with Crippen LogP contribution in [0.25, 0.3) is 11.1 Å². The predicted molar refractivity (Wildman–Crippen MR) is 82.8 cm³/mol. The van der Waals surface area contributed by atoms with Gasteiger partial charge in [0.1, 0.15) is 5.52 Å². The summed E-state index contributed by atoms with van der Waals surface area (Å²) in [6.07, 6.45) is 0. The van der Waals surface area contributed by atoms with Crippen LogP contribution in [-0.4, -0.2) is 11.0 Å². The van der Waals surface area contributed by atoms with E-state index in [1.165, 1.54) is 0 Å². The highest BCUT2D eigenvalue weighted by atomic mass is 35.5. The van der Waals surface area contributed by atoms with Crippen LogP contribution in [0.1, 0.15) is 5.89 Å². The SMILES string of the molecule is Cc1nc2cc(NC(=O)Nc3ccc(Cl)cc3)ccc2o1. The molecule has 0 aliphatic heterocycles. The van der Waals surface area contributed by atoms with Crippen molar-refractivity contribution in [2.75, 3.05) is 10.6 Å². The van der Waals surface area contributed by atoms with Crippen molar-refractivity contribution in [2.45, 2.75) is 6.92 Å². The van der Waals surface area contributed by atoms with Crippen LogP contribution in [0.3, 0.4) is 0 Å². The molecule has 0 spiro atoms. The molecule has 0 saturated carbocycles. The Balaban J connectivity index is 1.71. The van der Waals surface area contributed by atoms with Crippen LogP contribution in [0.4, 0.5) is 16.2 Å². The van der Waals surface area contributed by atoms with E-state index < -0.39 is 0 Å². The zero-order valence-corrected chi connectivity index (χ0v) is 11.9. The number of benzene rings is 2. The van der Waals surface area contributed by atoms with Gasteiger partial charge in [0.25, 0.3) is 0 Å². The molecule has 0 bridgehead atoms. The third-order valence-electron chi connectivity index (χ3n) is 2.85. The number of carbonyl (C=O) groups excluding carboxylic acids is 1. The lowest BCUT2D eigenvalue weighted by atomic mass is 10.3.